The maximum absolute atomic E-state index is 14.2. The quantitative estimate of drug-likeness (QED) is 0.534. The van der Waals surface area contributed by atoms with Crippen LogP contribution in [0.4, 0.5) is 10.4 Å². The summed E-state index contributed by atoms with van der Waals surface area (Å²) in [5.41, 5.74) is 0.676. The molecule has 0 aliphatic carbocycles. The van der Waals surface area contributed by atoms with Crippen molar-refractivity contribution in [2.45, 2.75) is 19.8 Å². The van der Waals surface area contributed by atoms with Gasteiger partial charge in [-0.2, -0.15) is 0 Å². The molecule has 0 bridgehead atoms. The third-order valence-electron chi connectivity index (χ3n) is 5.13. The van der Waals surface area contributed by atoms with Crippen LogP contribution in [0.2, 0.25) is 0 Å². The third-order valence-corrected chi connectivity index (χ3v) is 5.13. The average molecular weight is 441 g/mol. The highest BCUT2D eigenvalue weighted by atomic mass is 19.1. The molecule has 0 spiro atoms. The molecule has 3 aromatic rings. The maximum Gasteiger partial charge on any atom is 0.318 e. The topological polar surface area (TPSA) is 121 Å². The van der Waals surface area contributed by atoms with Crippen LogP contribution in [0.3, 0.4) is 0 Å². The van der Waals surface area contributed by atoms with Gasteiger partial charge in [-0.15, -0.1) is 5.10 Å². The van der Waals surface area contributed by atoms with Crippen molar-refractivity contribution in [3.05, 3.63) is 71.6 Å². The van der Waals surface area contributed by atoms with Gasteiger partial charge in [-0.25, -0.2) is 4.39 Å². The molecule has 1 fully saturated rings. The van der Waals surface area contributed by atoms with Crippen LogP contribution >= 0.6 is 0 Å². The van der Waals surface area contributed by atoms with Crippen LogP contribution in [0.15, 0.2) is 53.1 Å². The minimum Gasteiger partial charge on any atom is -0.483 e. The van der Waals surface area contributed by atoms with Crippen molar-refractivity contribution in [2.75, 3.05) is 24.5 Å². The van der Waals surface area contributed by atoms with E-state index < -0.39 is 5.41 Å². The number of carboxylic acid groups (broad SMARTS) is 1. The van der Waals surface area contributed by atoms with Gasteiger partial charge in [0.25, 0.3) is 6.47 Å². The summed E-state index contributed by atoms with van der Waals surface area (Å²) < 4.78 is 19.7. The van der Waals surface area contributed by atoms with E-state index in [4.69, 9.17) is 14.3 Å². The second-order valence-corrected chi connectivity index (χ2v) is 7.44. The van der Waals surface area contributed by atoms with E-state index >= 15 is 0 Å². The number of anilines is 1. The van der Waals surface area contributed by atoms with Gasteiger partial charge >= 0.3 is 6.01 Å². The largest absolute Gasteiger partial charge is 0.483 e. The number of pyridine rings is 1. The van der Waals surface area contributed by atoms with Gasteiger partial charge < -0.3 is 19.7 Å². The lowest BCUT2D eigenvalue weighted by Crippen LogP contribution is -2.64. The monoisotopic (exact) mass is 441 g/mol. The van der Waals surface area contributed by atoms with E-state index in [1.54, 1.807) is 31.3 Å². The standard InChI is InChI=1S/C21H22FN5O2.CH2O2/c1-15-25-26-20(29-15)27-13-21(14-27,12-16-6-2-3-8-18(16)22)19(28)24-11-9-17-7-4-5-10-23-17;2-1-3/h2-8,10H,9,11-14H2,1H3,(H,24,28);1H,(H,2,3). The molecule has 4 rings (SSSR count). The number of aryl methyl sites for hydroxylation is 1. The maximum atomic E-state index is 14.2. The summed E-state index contributed by atoms with van der Waals surface area (Å²) >= 11 is 0. The molecule has 10 heteroatoms. The summed E-state index contributed by atoms with van der Waals surface area (Å²) in [5, 5.41) is 17.7. The average Bonchev–Trinajstić information content (AvgIpc) is 3.19. The molecule has 9 nitrogen and oxygen atoms in total. The normalized spacial score (nSPS) is 14.0. The number of aromatic nitrogens is 3. The Labute approximate surface area is 184 Å². The Kier molecular flexibility index (Phi) is 7.48. The van der Waals surface area contributed by atoms with Gasteiger partial charge in [-0.05, 0) is 30.2 Å². The lowest BCUT2D eigenvalue weighted by Gasteiger charge is -2.48. The lowest BCUT2D eigenvalue weighted by molar-refractivity contribution is -0.132. The molecular weight excluding hydrogens is 417 g/mol. The number of hydrogen-bond acceptors (Lipinski definition) is 7. The molecule has 1 saturated heterocycles. The van der Waals surface area contributed by atoms with Gasteiger partial charge in [0.2, 0.25) is 11.8 Å². The molecule has 0 radical (unpaired) electrons. The number of nitrogens with one attached hydrogen (secondary N) is 1. The third kappa shape index (κ3) is 5.45. The highest BCUT2D eigenvalue weighted by molar-refractivity contribution is 5.86. The fourth-order valence-electron chi connectivity index (χ4n) is 3.61. The second-order valence-electron chi connectivity index (χ2n) is 7.44. The predicted molar refractivity (Wildman–Crippen MR) is 113 cm³/mol. The SMILES string of the molecule is Cc1nnc(N2CC(Cc3ccccc3F)(C(=O)NCCc3ccccn3)C2)o1.O=CO. The van der Waals surface area contributed by atoms with E-state index in [1.807, 2.05) is 23.1 Å². The van der Waals surface area contributed by atoms with Crippen LogP contribution in [-0.2, 0) is 22.4 Å². The van der Waals surface area contributed by atoms with Crippen LogP contribution in [0.1, 0.15) is 17.1 Å². The molecule has 0 atom stereocenters. The number of hydrogen-bond donors (Lipinski definition) is 2. The van der Waals surface area contributed by atoms with Crippen LogP contribution in [0, 0.1) is 18.2 Å². The molecule has 0 unspecified atom stereocenters. The van der Waals surface area contributed by atoms with Crippen molar-refractivity contribution in [2.24, 2.45) is 5.41 Å². The van der Waals surface area contributed by atoms with E-state index in [1.165, 1.54) is 6.07 Å². The summed E-state index contributed by atoms with van der Waals surface area (Å²) in [6.07, 6.45) is 2.67. The van der Waals surface area contributed by atoms with E-state index in [9.17, 15) is 9.18 Å². The Morgan fingerprint density at radius 1 is 1.25 bits per heavy atom. The molecule has 168 valence electrons. The highest BCUT2D eigenvalue weighted by Crippen LogP contribution is 2.37. The fourth-order valence-corrected chi connectivity index (χ4v) is 3.61. The van der Waals surface area contributed by atoms with Crippen LogP contribution in [0.5, 0.6) is 0 Å². The Morgan fingerprint density at radius 3 is 2.59 bits per heavy atom. The molecular formula is C22H24FN5O4. The predicted octanol–water partition coefficient (Wildman–Crippen LogP) is 2.02. The zero-order valence-corrected chi connectivity index (χ0v) is 17.6. The van der Waals surface area contributed by atoms with Crippen LogP contribution < -0.4 is 10.2 Å². The second kappa shape index (κ2) is 10.5. The first-order valence-electron chi connectivity index (χ1n) is 10.0. The number of carbonyl (C=O) groups excluding carboxylic acids is 1. The van der Waals surface area contributed by atoms with Crippen molar-refractivity contribution in [3.63, 3.8) is 0 Å². The summed E-state index contributed by atoms with van der Waals surface area (Å²) in [6.45, 7) is 2.71. The van der Waals surface area contributed by atoms with Gasteiger partial charge in [0.1, 0.15) is 5.82 Å². The van der Waals surface area contributed by atoms with Gasteiger partial charge in [0.05, 0.1) is 5.41 Å². The molecule has 1 amide bonds. The minimum atomic E-state index is -0.755. The molecule has 1 aliphatic heterocycles. The van der Waals surface area contributed by atoms with E-state index in [2.05, 4.69) is 20.5 Å². The molecule has 0 saturated carbocycles. The lowest BCUT2D eigenvalue weighted by atomic mass is 9.74. The minimum absolute atomic E-state index is 0.107. The molecule has 32 heavy (non-hydrogen) atoms. The van der Waals surface area contributed by atoms with E-state index in [0.29, 0.717) is 49.9 Å². The van der Waals surface area contributed by atoms with Crippen LogP contribution in [-0.4, -0.2) is 52.3 Å². The van der Waals surface area contributed by atoms with E-state index in [-0.39, 0.29) is 18.2 Å². The zero-order chi connectivity index (χ0) is 23.0. The number of halogens is 1. The summed E-state index contributed by atoms with van der Waals surface area (Å²) in [5.74, 6) is 0.0517. The Balaban J connectivity index is 0.000000913. The number of nitrogens with zero attached hydrogens (tertiary/aromatic N) is 4. The van der Waals surface area contributed by atoms with Crippen molar-refractivity contribution in [1.29, 1.82) is 0 Å². The Hall–Kier alpha value is -3.82. The van der Waals surface area contributed by atoms with Crippen molar-refractivity contribution in [3.8, 4) is 0 Å². The fraction of sp³-hybridized carbons (Fsp3) is 0.318. The number of rotatable bonds is 7. The van der Waals surface area contributed by atoms with Crippen molar-refractivity contribution < 1.29 is 23.5 Å². The number of carbonyl (C=O) groups is 2. The first-order chi connectivity index (χ1) is 15.5. The first-order valence-corrected chi connectivity index (χ1v) is 10.0. The summed E-state index contributed by atoms with van der Waals surface area (Å²) in [6, 6.07) is 12.6. The molecule has 2 N–H and O–H groups in total. The first kappa shape index (κ1) is 22.9. The number of benzene rings is 1. The summed E-state index contributed by atoms with van der Waals surface area (Å²) in [7, 11) is 0. The molecule has 1 aliphatic rings. The smallest absolute Gasteiger partial charge is 0.318 e. The van der Waals surface area contributed by atoms with Gasteiger partial charge in [0.15, 0.2) is 0 Å². The molecule has 1 aromatic carbocycles. The Morgan fingerprint density at radius 2 is 1.97 bits per heavy atom. The van der Waals surface area contributed by atoms with Gasteiger partial charge in [-0.1, -0.05) is 29.4 Å². The van der Waals surface area contributed by atoms with Gasteiger partial charge in [-0.3, -0.25) is 14.6 Å². The van der Waals surface area contributed by atoms with Crippen molar-refractivity contribution >= 4 is 18.4 Å². The molecule has 3 heterocycles. The molecule has 2 aromatic heterocycles. The highest BCUT2D eigenvalue weighted by Gasteiger charge is 2.51. The zero-order valence-electron chi connectivity index (χ0n) is 17.6. The van der Waals surface area contributed by atoms with Gasteiger partial charge in [0, 0.05) is 44.9 Å². The van der Waals surface area contributed by atoms with E-state index in [0.717, 1.165) is 5.69 Å². The Bertz CT molecular complexity index is 1040. The number of amides is 1. The summed E-state index contributed by atoms with van der Waals surface area (Å²) in [4.78, 5) is 27.6. The van der Waals surface area contributed by atoms with Crippen molar-refractivity contribution in [1.82, 2.24) is 20.5 Å². The van der Waals surface area contributed by atoms with Crippen LogP contribution in [0.25, 0.3) is 0 Å².